The quantitative estimate of drug-likeness (QED) is 0.806. The highest BCUT2D eigenvalue weighted by molar-refractivity contribution is 5.77. The molecule has 1 aromatic rings. The minimum atomic E-state index is -1.19. The van der Waals surface area contributed by atoms with Crippen molar-refractivity contribution in [3.05, 3.63) is 35.9 Å². The normalized spacial score (nSPS) is 36.5. The largest absolute Gasteiger partial charge is 0.459 e. The van der Waals surface area contributed by atoms with E-state index in [1.165, 1.54) is 7.11 Å². The summed E-state index contributed by atoms with van der Waals surface area (Å²) in [5.41, 5.74) is -0.304. The van der Waals surface area contributed by atoms with Crippen molar-refractivity contribution in [1.29, 1.82) is 0 Å². The van der Waals surface area contributed by atoms with Gasteiger partial charge in [-0.25, -0.2) is 4.79 Å². The van der Waals surface area contributed by atoms with Crippen LogP contribution in [0.2, 0.25) is 0 Å². The van der Waals surface area contributed by atoms with Crippen molar-refractivity contribution in [2.24, 2.45) is 0 Å². The first kappa shape index (κ1) is 15.4. The van der Waals surface area contributed by atoms with Crippen molar-refractivity contribution >= 4 is 5.97 Å². The van der Waals surface area contributed by atoms with Gasteiger partial charge in [-0.3, -0.25) is 0 Å². The summed E-state index contributed by atoms with van der Waals surface area (Å²) in [7, 11) is 1.49. The molecule has 0 aliphatic carbocycles. The molecule has 5 atom stereocenters. The highest BCUT2D eigenvalue weighted by Gasteiger charge is 2.68. The Morgan fingerprint density at radius 3 is 2.73 bits per heavy atom. The lowest BCUT2D eigenvalue weighted by Crippen LogP contribution is -2.55. The SMILES string of the molecule is COC[C@]12O[C@@H](C)[C@H](OC1C(=O)OCc1ccccc1)[C@@H]2O. The second-order valence-electron chi connectivity index (χ2n) is 5.73. The number of aliphatic hydroxyl groups excluding tert-OH is 1. The second-order valence-corrected chi connectivity index (χ2v) is 5.73. The van der Waals surface area contributed by atoms with Crippen LogP contribution in [0.5, 0.6) is 0 Å². The van der Waals surface area contributed by atoms with E-state index < -0.39 is 29.9 Å². The lowest BCUT2D eigenvalue weighted by molar-refractivity contribution is -0.215. The summed E-state index contributed by atoms with van der Waals surface area (Å²) in [6.45, 7) is 2.02. The number of rotatable bonds is 5. The molecule has 3 rings (SSSR count). The summed E-state index contributed by atoms with van der Waals surface area (Å²) in [6, 6.07) is 9.38. The number of hydrogen-bond donors (Lipinski definition) is 1. The van der Waals surface area contributed by atoms with Crippen LogP contribution in [0, 0.1) is 0 Å². The Balaban J connectivity index is 1.70. The van der Waals surface area contributed by atoms with E-state index in [9.17, 15) is 9.90 Å². The minimum absolute atomic E-state index is 0.0696. The van der Waals surface area contributed by atoms with Gasteiger partial charge in [-0.1, -0.05) is 30.3 Å². The lowest BCUT2D eigenvalue weighted by atomic mass is 9.93. The Labute approximate surface area is 128 Å². The highest BCUT2D eigenvalue weighted by atomic mass is 16.7. The molecule has 2 saturated heterocycles. The fourth-order valence-electron chi connectivity index (χ4n) is 3.17. The third kappa shape index (κ3) is 2.42. The van der Waals surface area contributed by atoms with E-state index in [0.29, 0.717) is 0 Å². The van der Waals surface area contributed by atoms with Crippen LogP contribution in [0.4, 0.5) is 0 Å². The van der Waals surface area contributed by atoms with Crippen molar-refractivity contribution in [1.82, 2.24) is 0 Å². The molecule has 0 spiro atoms. The monoisotopic (exact) mass is 308 g/mol. The lowest BCUT2D eigenvalue weighted by Gasteiger charge is -2.34. The maximum Gasteiger partial charge on any atom is 0.338 e. The number of ether oxygens (including phenoxy) is 4. The topological polar surface area (TPSA) is 74.2 Å². The van der Waals surface area contributed by atoms with E-state index >= 15 is 0 Å². The van der Waals surface area contributed by atoms with Gasteiger partial charge in [-0.2, -0.15) is 0 Å². The van der Waals surface area contributed by atoms with Crippen LogP contribution in [0.3, 0.4) is 0 Å². The molecule has 2 heterocycles. The van der Waals surface area contributed by atoms with Gasteiger partial charge in [0.05, 0.1) is 12.7 Å². The zero-order valence-electron chi connectivity index (χ0n) is 12.6. The molecule has 0 amide bonds. The van der Waals surface area contributed by atoms with Gasteiger partial charge >= 0.3 is 5.97 Å². The molecule has 2 fully saturated rings. The molecule has 1 N–H and O–H groups in total. The summed E-state index contributed by atoms with van der Waals surface area (Å²) in [4.78, 5) is 12.3. The molecular formula is C16H20O6. The Morgan fingerprint density at radius 1 is 1.36 bits per heavy atom. The van der Waals surface area contributed by atoms with Gasteiger partial charge < -0.3 is 24.1 Å². The summed E-state index contributed by atoms with van der Waals surface area (Å²) in [5.74, 6) is -0.547. The minimum Gasteiger partial charge on any atom is -0.459 e. The van der Waals surface area contributed by atoms with Crippen LogP contribution in [-0.4, -0.2) is 54.8 Å². The number of hydrogen-bond acceptors (Lipinski definition) is 6. The van der Waals surface area contributed by atoms with Crippen molar-refractivity contribution in [3.8, 4) is 0 Å². The van der Waals surface area contributed by atoms with Gasteiger partial charge in [-0.05, 0) is 12.5 Å². The number of aliphatic hydroxyl groups is 1. The molecule has 2 aliphatic heterocycles. The Bertz CT molecular complexity index is 533. The fraction of sp³-hybridized carbons (Fsp3) is 0.562. The van der Waals surface area contributed by atoms with Crippen LogP contribution in [-0.2, 0) is 30.3 Å². The number of carbonyl (C=O) groups is 1. The molecule has 22 heavy (non-hydrogen) atoms. The summed E-state index contributed by atoms with van der Waals surface area (Å²) in [5, 5.41) is 10.3. The fourth-order valence-corrected chi connectivity index (χ4v) is 3.17. The molecule has 0 saturated carbocycles. The smallest absolute Gasteiger partial charge is 0.338 e. The van der Waals surface area contributed by atoms with Gasteiger partial charge in [0.15, 0.2) is 11.7 Å². The predicted molar refractivity (Wildman–Crippen MR) is 76.1 cm³/mol. The van der Waals surface area contributed by atoms with Gasteiger partial charge in [-0.15, -0.1) is 0 Å². The molecule has 0 aromatic heterocycles. The average Bonchev–Trinajstić information content (AvgIpc) is 2.92. The molecule has 6 nitrogen and oxygen atoms in total. The Kier molecular flexibility index (Phi) is 4.18. The molecule has 2 bridgehead atoms. The first-order valence-corrected chi connectivity index (χ1v) is 7.29. The number of benzene rings is 1. The van der Waals surface area contributed by atoms with Gasteiger partial charge in [0.1, 0.15) is 18.8 Å². The van der Waals surface area contributed by atoms with Crippen LogP contribution >= 0.6 is 0 Å². The summed E-state index contributed by atoms with van der Waals surface area (Å²) < 4.78 is 21.9. The molecule has 120 valence electrons. The first-order chi connectivity index (χ1) is 10.6. The zero-order chi connectivity index (χ0) is 15.7. The molecule has 6 heteroatoms. The van der Waals surface area contributed by atoms with Crippen LogP contribution < -0.4 is 0 Å². The molecule has 1 unspecified atom stereocenters. The average molecular weight is 308 g/mol. The van der Waals surface area contributed by atoms with Crippen molar-refractivity contribution in [2.45, 2.75) is 43.5 Å². The van der Waals surface area contributed by atoms with Gasteiger partial charge in [0.25, 0.3) is 0 Å². The van der Waals surface area contributed by atoms with E-state index in [1.54, 1.807) is 6.92 Å². The van der Waals surface area contributed by atoms with Crippen molar-refractivity contribution in [3.63, 3.8) is 0 Å². The predicted octanol–water partition coefficient (Wildman–Crippen LogP) is 0.662. The van der Waals surface area contributed by atoms with Crippen molar-refractivity contribution < 1.29 is 28.8 Å². The Morgan fingerprint density at radius 2 is 2.09 bits per heavy atom. The second kappa shape index (κ2) is 5.96. The molecular weight excluding hydrogens is 288 g/mol. The number of esters is 1. The maximum atomic E-state index is 12.3. The van der Waals surface area contributed by atoms with Gasteiger partial charge in [0, 0.05) is 7.11 Å². The molecule has 2 aliphatic rings. The number of carbonyl (C=O) groups excluding carboxylic acids is 1. The Hall–Kier alpha value is -1.47. The summed E-state index contributed by atoms with van der Waals surface area (Å²) >= 11 is 0. The number of fused-ring (bicyclic) bond motifs is 2. The maximum absolute atomic E-state index is 12.3. The van der Waals surface area contributed by atoms with Crippen LogP contribution in [0.1, 0.15) is 12.5 Å². The summed E-state index contributed by atoms with van der Waals surface area (Å²) in [6.07, 6.45) is -2.71. The first-order valence-electron chi connectivity index (χ1n) is 7.29. The standard InChI is InChI=1S/C16H20O6/c1-10-12-13(17)16(22-10,9-19-2)14(21-12)15(18)20-8-11-6-4-3-5-7-11/h3-7,10,12-14,17H,8-9H2,1-2H3/t10-,12-,13-,14?,16+/m0/s1. The third-order valence-electron chi connectivity index (χ3n) is 4.22. The number of methoxy groups -OCH3 is 1. The van der Waals surface area contributed by atoms with Crippen LogP contribution in [0.25, 0.3) is 0 Å². The van der Waals surface area contributed by atoms with E-state index in [2.05, 4.69) is 0 Å². The van der Waals surface area contributed by atoms with E-state index in [-0.39, 0.29) is 19.3 Å². The molecule has 1 aromatic carbocycles. The third-order valence-corrected chi connectivity index (χ3v) is 4.22. The van der Waals surface area contributed by atoms with Crippen LogP contribution in [0.15, 0.2) is 30.3 Å². The molecule has 0 radical (unpaired) electrons. The zero-order valence-corrected chi connectivity index (χ0v) is 12.6. The van der Waals surface area contributed by atoms with E-state index in [1.807, 2.05) is 30.3 Å². The van der Waals surface area contributed by atoms with E-state index in [0.717, 1.165) is 5.56 Å². The van der Waals surface area contributed by atoms with E-state index in [4.69, 9.17) is 18.9 Å². The highest BCUT2D eigenvalue weighted by Crippen LogP contribution is 2.45. The van der Waals surface area contributed by atoms with Crippen molar-refractivity contribution in [2.75, 3.05) is 13.7 Å². The van der Waals surface area contributed by atoms with Gasteiger partial charge in [0.2, 0.25) is 0 Å².